The average molecular weight is 380 g/mol. The lowest BCUT2D eigenvalue weighted by Gasteiger charge is -2.21. The van der Waals surface area contributed by atoms with Crippen LogP contribution in [0.25, 0.3) is 0 Å². The average Bonchev–Trinajstić information content (AvgIpc) is 2.81. The van der Waals surface area contributed by atoms with Gasteiger partial charge < -0.3 is 0 Å². The molecule has 0 saturated carbocycles. The lowest BCUT2D eigenvalue weighted by molar-refractivity contribution is 0.426. The Bertz CT molecular complexity index is 867. The molecule has 25 heavy (non-hydrogen) atoms. The SMILES string of the molecule is Cc1ccc(S(=O)(=O)N2CCS[C@@H](c3ccccc3F)CC2)c(C)c1. The van der Waals surface area contributed by atoms with E-state index < -0.39 is 10.0 Å². The fourth-order valence-electron chi connectivity index (χ4n) is 3.20. The minimum Gasteiger partial charge on any atom is -0.207 e. The summed E-state index contributed by atoms with van der Waals surface area (Å²) in [5.41, 5.74) is 2.48. The van der Waals surface area contributed by atoms with Crippen LogP contribution in [0, 0.1) is 19.7 Å². The van der Waals surface area contributed by atoms with Gasteiger partial charge in [0, 0.05) is 29.7 Å². The number of nitrogens with zero attached hydrogens (tertiary/aromatic N) is 1. The van der Waals surface area contributed by atoms with E-state index in [2.05, 4.69) is 0 Å². The largest absolute Gasteiger partial charge is 0.243 e. The van der Waals surface area contributed by atoms with Crippen LogP contribution in [0.3, 0.4) is 0 Å². The summed E-state index contributed by atoms with van der Waals surface area (Å²) in [7, 11) is -3.52. The van der Waals surface area contributed by atoms with Crippen LogP contribution < -0.4 is 0 Å². The van der Waals surface area contributed by atoms with Gasteiger partial charge in [0.05, 0.1) is 4.90 Å². The smallest absolute Gasteiger partial charge is 0.207 e. The van der Waals surface area contributed by atoms with Crippen LogP contribution in [0.15, 0.2) is 47.4 Å². The van der Waals surface area contributed by atoms with Gasteiger partial charge in [0.25, 0.3) is 0 Å². The maximum absolute atomic E-state index is 14.0. The van der Waals surface area contributed by atoms with Crippen molar-refractivity contribution in [3.05, 3.63) is 65.0 Å². The van der Waals surface area contributed by atoms with Crippen molar-refractivity contribution in [2.75, 3.05) is 18.8 Å². The molecule has 0 amide bonds. The third-order valence-corrected chi connectivity index (χ3v) is 7.87. The van der Waals surface area contributed by atoms with E-state index in [0.717, 1.165) is 11.1 Å². The lowest BCUT2D eigenvalue weighted by Crippen LogP contribution is -2.33. The predicted octanol–water partition coefficient (Wildman–Crippen LogP) is 4.31. The van der Waals surface area contributed by atoms with Crippen LogP contribution in [-0.2, 0) is 10.0 Å². The number of rotatable bonds is 3. The highest BCUT2D eigenvalue weighted by Crippen LogP contribution is 2.36. The Morgan fingerprint density at radius 1 is 1.12 bits per heavy atom. The van der Waals surface area contributed by atoms with Crippen molar-refractivity contribution < 1.29 is 12.8 Å². The number of hydrogen-bond acceptors (Lipinski definition) is 3. The van der Waals surface area contributed by atoms with Gasteiger partial charge >= 0.3 is 0 Å². The third-order valence-electron chi connectivity index (χ3n) is 4.50. The zero-order valence-electron chi connectivity index (χ0n) is 14.4. The molecule has 0 unspecified atom stereocenters. The van der Waals surface area contributed by atoms with E-state index in [1.807, 2.05) is 32.0 Å². The van der Waals surface area contributed by atoms with Gasteiger partial charge in [-0.05, 0) is 38.0 Å². The first-order valence-corrected chi connectivity index (χ1v) is 10.8. The number of thioether (sulfide) groups is 1. The minimum absolute atomic E-state index is 0.0134. The quantitative estimate of drug-likeness (QED) is 0.797. The zero-order valence-corrected chi connectivity index (χ0v) is 16.0. The molecule has 1 fully saturated rings. The molecule has 1 atom stereocenters. The highest BCUT2D eigenvalue weighted by Gasteiger charge is 2.30. The summed E-state index contributed by atoms with van der Waals surface area (Å²) in [4.78, 5) is 0.368. The van der Waals surface area contributed by atoms with E-state index in [1.54, 1.807) is 34.3 Å². The van der Waals surface area contributed by atoms with E-state index in [-0.39, 0.29) is 11.1 Å². The van der Waals surface area contributed by atoms with E-state index in [9.17, 15) is 12.8 Å². The van der Waals surface area contributed by atoms with Gasteiger partial charge in [0.15, 0.2) is 0 Å². The molecule has 2 aromatic rings. The molecule has 134 valence electrons. The van der Waals surface area contributed by atoms with Crippen molar-refractivity contribution in [2.24, 2.45) is 0 Å². The standard InChI is InChI=1S/C19H22FNO2S2/c1-14-7-8-19(15(2)13-14)25(22,23)21-10-9-18(24-12-11-21)16-5-3-4-6-17(16)20/h3-8,13,18H,9-12H2,1-2H3/t18-/m1/s1. The molecule has 0 radical (unpaired) electrons. The monoisotopic (exact) mass is 379 g/mol. The van der Waals surface area contributed by atoms with Crippen LogP contribution in [0.2, 0.25) is 0 Å². The van der Waals surface area contributed by atoms with Crippen LogP contribution in [0.4, 0.5) is 4.39 Å². The first-order chi connectivity index (χ1) is 11.9. The van der Waals surface area contributed by atoms with Crippen molar-refractivity contribution >= 4 is 21.8 Å². The summed E-state index contributed by atoms with van der Waals surface area (Å²) in [6.07, 6.45) is 0.607. The Morgan fingerprint density at radius 2 is 1.88 bits per heavy atom. The van der Waals surface area contributed by atoms with Gasteiger partial charge in [-0.3, -0.25) is 0 Å². The van der Waals surface area contributed by atoms with Crippen molar-refractivity contribution in [1.29, 1.82) is 0 Å². The summed E-state index contributed by atoms with van der Waals surface area (Å²) >= 11 is 1.63. The van der Waals surface area contributed by atoms with Gasteiger partial charge in [-0.1, -0.05) is 35.9 Å². The minimum atomic E-state index is -3.52. The molecule has 2 aromatic carbocycles. The fraction of sp³-hybridized carbons (Fsp3) is 0.368. The molecule has 0 N–H and O–H groups in total. The van der Waals surface area contributed by atoms with E-state index >= 15 is 0 Å². The topological polar surface area (TPSA) is 37.4 Å². The summed E-state index contributed by atoms with van der Waals surface area (Å²) in [6.45, 7) is 4.63. The molecule has 1 aliphatic heterocycles. The first-order valence-electron chi connectivity index (χ1n) is 8.33. The Kier molecular flexibility index (Phi) is 5.51. The molecule has 0 aliphatic carbocycles. The Labute approximate surface area is 153 Å². The highest BCUT2D eigenvalue weighted by atomic mass is 32.2. The molecule has 1 heterocycles. The molecule has 1 saturated heterocycles. The summed E-state index contributed by atoms with van der Waals surface area (Å²) in [5, 5.41) is -0.0134. The van der Waals surface area contributed by atoms with Gasteiger partial charge in [0.1, 0.15) is 5.82 Å². The van der Waals surface area contributed by atoms with Gasteiger partial charge in [-0.15, -0.1) is 0 Å². The molecule has 6 heteroatoms. The van der Waals surface area contributed by atoms with Crippen molar-refractivity contribution in [1.82, 2.24) is 4.31 Å². The van der Waals surface area contributed by atoms with Crippen molar-refractivity contribution in [2.45, 2.75) is 30.4 Å². The normalized spacial score (nSPS) is 19.6. The number of aryl methyl sites for hydroxylation is 2. The Morgan fingerprint density at radius 3 is 2.60 bits per heavy atom. The van der Waals surface area contributed by atoms with E-state index in [4.69, 9.17) is 0 Å². The Balaban J connectivity index is 1.82. The van der Waals surface area contributed by atoms with Crippen LogP contribution >= 0.6 is 11.8 Å². The van der Waals surface area contributed by atoms with Crippen LogP contribution in [0.5, 0.6) is 0 Å². The van der Waals surface area contributed by atoms with Gasteiger partial charge in [-0.25, -0.2) is 12.8 Å². The fourth-order valence-corrected chi connectivity index (χ4v) is 6.23. The molecular weight excluding hydrogens is 357 g/mol. The molecule has 0 spiro atoms. The second-order valence-corrected chi connectivity index (χ2v) is 9.56. The summed E-state index contributed by atoms with van der Waals surface area (Å²) < 4.78 is 41.6. The highest BCUT2D eigenvalue weighted by molar-refractivity contribution is 7.99. The molecule has 0 aromatic heterocycles. The lowest BCUT2D eigenvalue weighted by atomic mass is 10.1. The number of halogens is 1. The van der Waals surface area contributed by atoms with E-state index in [1.165, 1.54) is 6.07 Å². The number of hydrogen-bond donors (Lipinski definition) is 0. The molecule has 1 aliphatic rings. The zero-order chi connectivity index (χ0) is 18.0. The molecule has 0 bridgehead atoms. The second-order valence-electron chi connectivity index (χ2n) is 6.34. The van der Waals surface area contributed by atoms with Crippen LogP contribution in [-0.4, -0.2) is 31.6 Å². The molecule has 3 nitrogen and oxygen atoms in total. The third kappa shape index (κ3) is 3.91. The van der Waals surface area contributed by atoms with E-state index in [0.29, 0.717) is 35.7 Å². The maximum Gasteiger partial charge on any atom is 0.243 e. The number of benzene rings is 2. The van der Waals surface area contributed by atoms with Gasteiger partial charge in [-0.2, -0.15) is 16.1 Å². The molecule has 3 rings (SSSR count). The first kappa shape index (κ1) is 18.4. The summed E-state index contributed by atoms with van der Waals surface area (Å²) in [5.74, 6) is 0.439. The second kappa shape index (κ2) is 7.48. The Hall–Kier alpha value is -1.37. The van der Waals surface area contributed by atoms with Gasteiger partial charge in [0.2, 0.25) is 10.0 Å². The molecular formula is C19H22FNO2S2. The van der Waals surface area contributed by atoms with Crippen LogP contribution in [0.1, 0.15) is 28.4 Å². The maximum atomic E-state index is 14.0. The summed E-state index contributed by atoms with van der Waals surface area (Å²) in [6, 6.07) is 12.2. The van der Waals surface area contributed by atoms with Crippen molar-refractivity contribution in [3.63, 3.8) is 0 Å². The number of sulfonamides is 1. The van der Waals surface area contributed by atoms with Crippen molar-refractivity contribution in [3.8, 4) is 0 Å². The predicted molar refractivity (Wildman–Crippen MR) is 101 cm³/mol.